The van der Waals surface area contributed by atoms with Crippen LogP contribution in [-0.2, 0) is 9.59 Å². The van der Waals surface area contributed by atoms with Crippen LogP contribution in [0.1, 0.15) is 21.7 Å². The van der Waals surface area contributed by atoms with E-state index in [0.717, 1.165) is 17.0 Å². The summed E-state index contributed by atoms with van der Waals surface area (Å²) in [6.07, 6.45) is 1.74. The van der Waals surface area contributed by atoms with E-state index in [1.54, 1.807) is 6.08 Å². The summed E-state index contributed by atoms with van der Waals surface area (Å²) in [7, 11) is 0. The lowest BCUT2D eigenvalue weighted by atomic mass is 10.1. The molecule has 2 aromatic rings. The van der Waals surface area contributed by atoms with Gasteiger partial charge in [0.1, 0.15) is 4.32 Å². The Balaban J connectivity index is 1.60. The first kappa shape index (κ1) is 20.1. The van der Waals surface area contributed by atoms with Gasteiger partial charge in [0, 0.05) is 23.5 Å². The molecule has 3 rings (SSSR count). The predicted molar refractivity (Wildman–Crippen MR) is 110 cm³/mol. The summed E-state index contributed by atoms with van der Waals surface area (Å²) in [5.74, 6) is -2.68. The summed E-state index contributed by atoms with van der Waals surface area (Å²) in [5.41, 5.74) is -0.224. The number of carbonyl (C=O) groups is 3. The lowest BCUT2D eigenvalue weighted by molar-refractivity contribution is -0.268. The van der Waals surface area contributed by atoms with Crippen LogP contribution >= 0.6 is 35.3 Å². The van der Waals surface area contributed by atoms with E-state index in [0.29, 0.717) is 9.23 Å². The third-order valence-corrected chi connectivity index (χ3v) is 5.94. The number of nitrogens with one attached hydrogen (secondary N) is 1. The quantitative estimate of drug-likeness (QED) is 0.532. The molecule has 1 aliphatic heterocycles. The van der Waals surface area contributed by atoms with Crippen LogP contribution in [0.15, 0.2) is 40.6 Å². The van der Waals surface area contributed by atoms with Gasteiger partial charge in [0.2, 0.25) is 5.91 Å². The second kappa shape index (κ2) is 8.55. The minimum absolute atomic E-state index is 0.0275. The number of hydrogen-bond donors (Lipinski definition) is 2. The third kappa shape index (κ3) is 4.58. The fraction of sp³-hybridized carbons (Fsp3) is 0.111. The van der Waals surface area contributed by atoms with Gasteiger partial charge in [-0.2, -0.15) is 0 Å². The van der Waals surface area contributed by atoms with Crippen molar-refractivity contribution in [1.82, 2.24) is 4.90 Å². The number of benzene rings is 1. The van der Waals surface area contributed by atoms with Crippen molar-refractivity contribution in [3.63, 3.8) is 0 Å². The predicted octanol–water partition coefficient (Wildman–Crippen LogP) is 2.75. The zero-order valence-corrected chi connectivity index (χ0v) is 16.7. The van der Waals surface area contributed by atoms with Crippen molar-refractivity contribution in [3.05, 3.63) is 51.1 Å². The van der Waals surface area contributed by atoms with Crippen molar-refractivity contribution in [2.45, 2.75) is 6.42 Å². The number of carboxylic acids is 1. The molecule has 7 nitrogen and oxygen atoms in total. The van der Waals surface area contributed by atoms with Gasteiger partial charge in [0.25, 0.3) is 5.91 Å². The summed E-state index contributed by atoms with van der Waals surface area (Å²) < 4.78 is 0.379. The van der Waals surface area contributed by atoms with Gasteiger partial charge in [-0.3, -0.25) is 14.5 Å². The maximum Gasteiger partial charge on any atom is 0.335 e. The van der Waals surface area contributed by atoms with Crippen LogP contribution in [0.4, 0.5) is 5.69 Å². The number of rotatable bonds is 6. The highest BCUT2D eigenvalue weighted by molar-refractivity contribution is 8.26. The first-order chi connectivity index (χ1) is 13.3. The number of carboxylic acid groups (broad SMARTS) is 1. The average molecular weight is 434 g/mol. The van der Waals surface area contributed by atoms with Gasteiger partial charge in [-0.05, 0) is 29.7 Å². The molecule has 2 N–H and O–H groups in total. The molecule has 144 valence electrons. The van der Waals surface area contributed by atoms with E-state index in [1.807, 2.05) is 17.5 Å². The first-order valence-electron chi connectivity index (χ1n) is 7.98. The summed E-state index contributed by atoms with van der Waals surface area (Å²) in [5, 5.41) is 24.9. The van der Waals surface area contributed by atoms with E-state index in [1.165, 1.54) is 34.1 Å². The van der Waals surface area contributed by atoms with Crippen molar-refractivity contribution in [2.75, 3.05) is 11.9 Å². The molecule has 1 aliphatic rings. The molecule has 0 radical (unpaired) electrons. The molecule has 1 aromatic heterocycles. The highest BCUT2D eigenvalue weighted by atomic mass is 32.2. The van der Waals surface area contributed by atoms with Crippen LogP contribution in [0, 0.1) is 0 Å². The molecule has 1 aromatic carbocycles. The highest BCUT2D eigenvalue weighted by Gasteiger charge is 2.32. The summed E-state index contributed by atoms with van der Waals surface area (Å²) in [4.78, 5) is 38.4. The summed E-state index contributed by atoms with van der Waals surface area (Å²) in [6.45, 7) is 0.101. The minimum atomic E-state index is -1.36. The maximum atomic E-state index is 12.5. The Morgan fingerprint density at radius 2 is 2.11 bits per heavy atom. The minimum Gasteiger partial charge on any atom is -0.872 e. The average Bonchev–Trinajstić information content (AvgIpc) is 3.24. The van der Waals surface area contributed by atoms with Gasteiger partial charge < -0.3 is 15.5 Å². The first-order valence-corrected chi connectivity index (χ1v) is 10.1. The molecule has 1 fully saturated rings. The Morgan fingerprint density at radius 3 is 2.79 bits per heavy atom. The lowest BCUT2D eigenvalue weighted by Gasteiger charge is -2.15. The number of thiocarbonyl (C=S) groups is 1. The smallest absolute Gasteiger partial charge is 0.335 e. The molecule has 0 aliphatic carbocycles. The Hall–Kier alpha value is -2.69. The van der Waals surface area contributed by atoms with Crippen molar-refractivity contribution in [1.29, 1.82) is 0 Å². The summed E-state index contributed by atoms with van der Waals surface area (Å²) in [6, 6.07) is 7.29. The SMILES string of the molecule is O=C(CCN1C(=O)/C(=C/c2cccs2)SC1=S)Nc1ccc([O-])c(C(=O)O)c1. The Morgan fingerprint density at radius 1 is 1.32 bits per heavy atom. The molecule has 0 saturated carbocycles. The largest absolute Gasteiger partial charge is 0.872 e. The van der Waals surface area contributed by atoms with Crippen molar-refractivity contribution >= 4 is 69.2 Å². The number of aromatic carboxylic acids is 1. The maximum absolute atomic E-state index is 12.5. The fourth-order valence-electron chi connectivity index (χ4n) is 2.41. The van der Waals surface area contributed by atoms with Gasteiger partial charge in [-0.1, -0.05) is 41.9 Å². The normalized spacial score (nSPS) is 15.3. The molecule has 0 unspecified atom stereocenters. The zero-order valence-electron chi connectivity index (χ0n) is 14.2. The molecular weight excluding hydrogens is 420 g/mol. The van der Waals surface area contributed by atoms with Crippen LogP contribution in [-0.4, -0.2) is 38.7 Å². The van der Waals surface area contributed by atoms with Gasteiger partial charge >= 0.3 is 5.97 Å². The number of thiophene rings is 1. The second-order valence-electron chi connectivity index (χ2n) is 5.66. The number of thioether (sulfide) groups is 1. The number of amides is 2. The van der Waals surface area contributed by atoms with Gasteiger partial charge in [-0.25, -0.2) is 4.79 Å². The van der Waals surface area contributed by atoms with Crippen molar-refractivity contribution < 1.29 is 24.6 Å². The molecule has 2 heterocycles. The highest BCUT2D eigenvalue weighted by Crippen LogP contribution is 2.33. The molecule has 0 bridgehead atoms. The summed E-state index contributed by atoms with van der Waals surface area (Å²) >= 11 is 7.92. The standard InChI is InChI=1S/C18H14N2O5S3/c21-13-4-3-10(8-12(13)17(24)25)19-15(22)5-6-20-16(23)14(28-18(20)26)9-11-2-1-7-27-11/h1-4,7-9,21H,5-6H2,(H,19,22)(H,24,25)/p-1/b14-9-. The number of hydrogen-bond acceptors (Lipinski definition) is 7. The monoisotopic (exact) mass is 433 g/mol. The number of nitrogens with zero attached hydrogens (tertiary/aromatic N) is 1. The van der Waals surface area contributed by atoms with Gasteiger partial charge in [-0.15, -0.1) is 11.3 Å². The molecule has 28 heavy (non-hydrogen) atoms. The van der Waals surface area contributed by atoms with Crippen LogP contribution in [0.3, 0.4) is 0 Å². The molecular formula is C18H13N2O5S3-. The second-order valence-corrected chi connectivity index (χ2v) is 8.32. The fourth-order valence-corrected chi connectivity index (χ4v) is 4.44. The molecule has 0 spiro atoms. The van der Waals surface area contributed by atoms with Gasteiger partial charge in [0.05, 0.1) is 10.5 Å². The Kier molecular flexibility index (Phi) is 6.12. The van der Waals surface area contributed by atoms with Crippen molar-refractivity contribution in [2.24, 2.45) is 0 Å². The van der Waals surface area contributed by atoms with Crippen LogP contribution in [0.5, 0.6) is 5.75 Å². The van der Waals surface area contributed by atoms with Crippen LogP contribution < -0.4 is 10.4 Å². The van der Waals surface area contributed by atoms with E-state index < -0.39 is 23.2 Å². The van der Waals surface area contributed by atoms with E-state index >= 15 is 0 Å². The van der Waals surface area contributed by atoms with Crippen LogP contribution in [0.25, 0.3) is 6.08 Å². The van der Waals surface area contributed by atoms with E-state index in [9.17, 15) is 19.5 Å². The topological polar surface area (TPSA) is 110 Å². The molecule has 1 saturated heterocycles. The Labute approximate surface area is 173 Å². The van der Waals surface area contributed by atoms with Gasteiger partial charge in [0.15, 0.2) is 0 Å². The molecule has 10 heteroatoms. The van der Waals surface area contributed by atoms with E-state index in [2.05, 4.69) is 5.32 Å². The van der Waals surface area contributed by atoms with Crippen molar-refractivity contribution in [3.8, 4) is 5.75 Å². The lowest BCUT2D eigenvalue weighted by Crippen LogP contribution is -2.31. The Bertz CT molecular complexity index is 985. The third-order valence-electron chi connectivity index (χ3n) is 3.75. The molecule has 0 atom stereocenters. The molecule has 2 amide bonds. The van der Waals surface area contributed by atoms with E-state index in [4.69, 9.17) is 17.3 Å². The zero-order chi connectivity index (χ0) is 20.3. The number of anilines is 1. The van der Waals surface area contributed by atoms with E-state index in [-0.39, 0.29) is 24.6 Å². The van der Waals surface area contributed by atoms with Crippen LogP contribution in [0.2, 0.25) is 0 Å². The number of carbonyl (C=O) groups excluding carboxylic acids is 2.